The zero-order chi connectivity index (χ0) is 69.3. The van der Waals surface area contributed by atoms with Crippen LogP contribution in [0.5, 0.6) is 0 Å². The Bertz CT molecular complexity index is 4760. The van der Waals surface area contributed by atoms with Gasteiger partial charge in [0, 0.05) is 97.7 Å². The molecule has 82 heavy (non-hydrogen) atoms. The molecule has 0 aliphatic rings. The van der Waals surface area contributed by atoms with E-state index in [2.05, 4.69) is 44.2 Å². The topological polar surface area (TPSA) is 77.8 Å². The van der Waals surface area contributed by atoms with Gasteiger partial charge in [0.1, 0.15) is 11.2 Å². The third-order valence-electron chi connectivity index (χ3n) is 13.0. The molecule has 0 bridgehead atoms. The summed E-state index contributed by atoms with van der Waals surface area (Å²) in [7, 11) is 0. The Morgan fingerprint density at radius 1 is 0.415 bits per heavy atom. The van der Waals surface area contributed by atoms with Gasteiger partial charge in [-0.3, -0.25) is 0 Å². The zero-order valence-corrected chi connectivity index (χ0v) is 50.4. The van der Waals surface area contributed by atoms with Crippen molar-refractivity contribution in [2.24, 2.45) is 10.8 Å². The third-order valence-corrected chi connectivity index (χ3v) is 13.0. The van der Waals surface area contributed by atoms with Gasteiger partial charge in [0.05, 0.1) is 11.2 Å². The fraction of sp³-hybridized carbons (Fsp3) is 0.189. The van der Waals surface area contributed by atoms with Crippen LogP contribution in [-0.4, -0.2) is 19.9 Å². The number of benzene rings is 8. The minimum atomic E-state index is -2.59. The van der Waals surface area contributed by atoms with Crippen LogP contribution in [0.2, 0.25) is 0 Å². The van der Waals surface area contributed by atoms with E-state index >= 15 is 0 Å². The van der Waals surface area contributed by atoms with Gasteiger partial charge in [-0.05, 0) is 130 Å². The van der Waals surface area contributed by atoms with E-state index in [0.29, 0.717) is 44.8 Å². The zero-order valence-electron chi connectivity index (χ0n) is 61.6. The predicted octanol–water partition coefficient (Wildman–Crippen LogP) is 19.6. The maximum atomic E-state index is 8.21. The molecular weight excluding hydrogens is 1360 g/mol. The molecule has 0 amide bonds. The molecule has 414 valence electrons. The summed E-state index contributed by atoms with van der Waals surface area (Å²) in [5, 5.41) is 7.82. The summed E-state index contributed by atoms with van der Waals surface area (Å²) < 4.78 is 138. The number of aryl methyl sites for hydroxylation is 4. The van der Waals surface area contributed by atoms with Gasteiger partial charge in [-0.25, -0.2) is 0 Å². The molecule has 0 atom stereocenters. The van der Waals surface area contributed by atoms with E-state index in [1.54, 1.807) is 12.4 Å². The number of hydrogen-bond acceptors (Lipinski definition) is 6. The van der Waals surface area contributed by atoms with E-state index in [4.69, 9.17) is 30.8 Å². The second kappa shape index (κ2) is 24.8. The molecule has 0 unspecified atom stereocenters. The molecule has 0 N–H and O–H groups in total. The first-order valence-electron chi connectivity index (χ1n) is 34.0. The maximum absolute atomic E-state index is 8.21. The molecule has 0 fully saturated rings. The van der Waals surface area contributed by atoms with E-state index in [0.717, 1.165) is 89.2 Å². The number of pyridine rings is 4. The number of aromatic nitrogens is 4. The van der Waals surface area contributed by atoms with Gasteiger partial charge in [0.25, 0.3) is 0 Å². The summed E-state index contributed by atoms with van der Waals surface area (Å²) in [5.41, 5.74) is 6.92. The van der Waals surface area contributed by atoms with Crippen LogP contribution in [0.1, 0.15) is 96.9 Å². The van der Waals surface area contributed by atoms with Crippen molar-refractivity contribution >= 4 is 65.4 Å². The number of nitrogens with zero attached hydrogens (tertiary/aromatic N) is 4. The van der Waals surface area contributed by atoms with Crippen LogP contribution in [0.25, 0.3) is 110 Å². The fourth-order valence-electron chi connectivity index (χ4n) is 9.52. The average Bonchev–Trinajstić information content (AvgIpc) is 1.57. The van der Waals surface area contributed by atoms with E-state index in [1.807, 2.05) is 187 Å². The van der Waals surface area contributed by atoms with E-state index < -0.39 is 51.0 Å². The molecule has 0 aliphatic heterocycles. The van der Waals surface area contributed by atoms with Gasteiger partial charge < -0.3 is 28.8 Å². The quantitative estimate of drug-likeness (QED) is 0.122. The standard InChI is InChI=1S/2C21H14NO.2C16H18N.2Ir/c2*1-12-10-17(22-11-13(12)2)16-9-8-15-7-6-14-4-3-5-18-19(14)20(15)21(16)23-18;2*1-16(2,3)11-13-9-10-15(17-12-13)14-7-5-4-6-8-14;;/h2*3-8,10-11H,1-2H3;2*4-7,9-10,12H,11H2,1-3H3;;/q4*-1;;/i2*1D3,2D3;2*11D2;;. The maximum Gasteiger partial charge on any atom is 0.121 e. The molecule has 6 aromatic heterocycles. The van der Waals surface area contributed by atoms with Crippen LogP contribution < -0.4 is 0 Å². The molecule has 6 nitrogen and oxygen atoms in total. The Morgan fingerprint density at radius 2 is 0.829 bits per heavy atom. The van der Waals surface area contributed by atoms with E-state index in [1.165, 1.54) is 12.1 Å². The molecular formula is C74H64Ir2N4O2-4. The van der Waals surface area contributed by atoms with Crippen molar-refractivity contribution in [2.75, 3.05) is 0 Å². The smallest absolute Gasteiger partial charge is 0.121 e. The third kappa shape index (κ3) is 13.0. The first-order chi connectivity index (χ1) is 44.9. The van der Waals surface area contributed by atoms with E-state index in [-0.39, 0.29) is 62.5 Å². The van der Waals surface area contributed by atoms with Crippen molar-refractivity contribution < 1.29 is 71.0 Å². The van der Waals surface area contributed by atoms with Crippen molar-refractivity contribution in [1.29, 1.82) is 0 Å². The average molecular weight is 1440 g/mol. The van der Waals surface area contributed by atoms with Crippen LogP contribution in [0.15, 0.2) is 191 Å². The number of hydrogen-bond donors (Lipinski definition) is 0. The largest absolute Gasteiger partial charge is 0.501 e. The Balaban J connectivity index is 0.000000155. The summed E-state index contributed by atoms with van der Waals surface area (Å²) in [6.45, 7) is 1.05. The summed E-state index contributed by atoms with van der Waals surface area (Å²) in [6.07, 6.45) is 2.69. The number of furan rings is 2. The van der Waals surface area contributed by atoms with Crippen molar-refractivity contribution in [3.8, 4) is 45.0 Å². The molecule has 8 aromatic carbocycles. The molecule has 8 heteroatoms. The fourth-order valence-corrected chi connectivity index (χ4v) is 9.52. The van der Waals surface area contributed by atoms with Gasteiger partial charge in [0.15, 0.2) is 0 Å². The van der Waals surface area contributed by atoms with Gasteiger partial charge >= 0.3 is 0 Å². The summed E-state index contributed by atoms with van der Waals surface area (Å²) in [4.78, 5) is 17.2. The van der Waals surface area contributed by atoms with Crippen LogP contribution in [0, 0.1) is 62.5 Å². The Kier molecular flexibility index (Phi) is 12.5. The van der Waals surface area contributed by atoms with Crippen LogP contribution >= 0.6 is 0 Å². The normalized spacial score (nSPS) is 15.3. The van der Waals surface area contributed by atoms with Crippen molar-refractivity contribution in [3.05, 3.63) is 240 Å². The van der Waals surface area contributed by atoms with Gasteiger partial charge in [-0.2, -0.15) is 0 Å². The van der Waals surface area contributed by atoms with Crippen molar-refractivity contribution in [3.63, 3.8) is 0 Å². The van der Waals surface area contributed by atoms with Gasteiger partial charge in [0.2, 0.25) is 0 Å². The second-order valence-electron chi connectivity index (χ2n) is 21.4. The van der Waals surface area contributed by atoms with Gasteiger partial charge in [-0.1, -0.05) is 159 Å². The monoisotopic (exact) mass is 1440 g/mol. The number of rotatable bonds is 6. The molecule has 14 rings (SSSR count). The summed E-state index contributed by atoms with van der Waals surface area (Å²) in [5.74, 6) is 0. The van der Waals surface area contributed by atoms with Crippen LogP contribution in [0.4, 0.5) is 0 Å². The van der Waals surface area contributed by atoms with Crippen molar-refractivity contribution in [1.82, 2.24) is 19.9 Å². The molecule has 14 aromatic rings. The van der Waals surface area contributed by atoms with Crippen molar-refractivity contribution in [2.45, 2.75) is 81.7 Å². The first-order valence-corrected chi connectivity index (χ1v) is 26.0. The van der Waals surface area contributed by atoms with Gasteiger partial charge in [-0.15, -0.1) is 96.1 Å². The minimum Gasteiger partial charge on any atom is -0.501 e. The molecule has 2 radical (unpaired) electrons. The molecule has 0 spiro atoms. The SMILES string of the molecule is [2H]C([2H])([2H])c1cnc(-c2[c-]cc3ccc4cccc5oc2c3c45)cc1C([2H])([2H])[2H].[2H]C([2H])([2H])c1cnc(-c2[c-]cc3ccc4cccc5oc2c3c45)cc1C([2H])([2H])[2H].[2H]C([2H])(c1ccc(-c2[c-]cccc2)nc1)C(C)(C)C.[2H]C([2H])(c1ccc(-c2[c-]cccc2)nc1)C(C)(C)C.[Ir].[Ir]. The summed E-state index contributed by atoms with van der Waals surface area (Å²) >= 11 is 0. The Labute approximate surface area is 531 Å². The molecule has 0 saturated heterocycles. The first kappa shape index (κ1) is 41.3. The Hall–Kier alpha value is -7.70. The minimum absolute atomic E-state index is 0. The molecule has 0 aliphatic carbocycles. The predicted molar refractivity (Wildman–Crippen MR) is 331 cm³/mol. The van der Waals surface area contributed by atoms with Crippen LogP contribution in [0.3, 0.4) is 0 Å². The molecule has 6 heterocycles. The summed E-state index contributed by atoms with van der Waals surface area (Å²) in [6, 6.07) is 61.0. The Morgan fingerprint density at radius 3 is 1.20 bits per heavy atom. The second-order valence-corrected chi connectivity index (χ2v) is 21.4. The van der Waals surface area contributed by atoms with Crippen LogP contribution in [-0.2, 0) is 53.0 Å². The molecule has 0 saturated carbocycles. The van der Waals surface area contributed by atoms with E-state index in [9.17, 15) is 0 Å².